The van der Waals surface area contributed by atoms with Gasteiger partial charge in [0.05, 0.1) is 0 Å². The summed E-state index contributed by atoms with van der Waals surface area (Å²) in [5.74, 6) is 0. The maximum atomic E-state index is 3.64. The van der Waals surface area contributed by atoms with Crippen LogP contribution in [0.5, 0.6) is 0 Å². The molecule has 1 aliphatic rings. The second-order valence-electron chi connectivity index (χ2n) is 4.70. The lowest BCUT2D eigenvalue weighted by Gasteiger charge is -2.21. The molecule has 0 spiro atoms. The highest BCUT2D eigenvalue weighted by atomic mass is 127. The molecule has 3 heteroatoms. The van der Waals surface area contributed by atoms with Crippen LogP contribution in [0, 0.1) is 3.57 Å². The van der Waals surface area contributed by atoms with E-state index >= 15 is 0 Å². The molecule has 16 heavy (non-hydrogen) atoms. The van der Waals surface area contributed by atoms with E-state index in [4.69, 9.17) is 0 Å². The zero-order valence-corrected chi connectivity index (χ0v) is 12.1. The van der Waals surface area contributed by atoms with E-state index in [2.05, 4.69) is 70.9 Å². The first-order valence-corrected chi connectivity index (χ1v) is 7.00. The van der Waals surface area contributed by atoms with Crippen molar-refractivity contribution in [2.24, 2.45) is 0 Å². The molecule has 1 saturated heterocycles. The van der Waals surface area contributed by atoms with Crippen molar-refractivity contribution >= 4 is 28.3 Å². The topological polar surface area (TPSA) is 15.3 Å². The van der Waals surface area contributed by atoms with Crippen LogP contribution in [-0.2, 0) is 0 Å². The molecule has 1 N–H and O–H groups in total. The average molecular weight is 330 g/mol. The maximum absolute atomic E-state index is 3.64. The van der Waals surface area contributed by atoms with Gasteiger partial charge in [-0.25, -0.2) is 0 Å². The van der Waals surface area contributed by atoms with Crippen LogP contribution in [0.2, 0.25) is 0 Å². The van der Waals surface area contributed by atoms with E-state index in [1.54, 1.807) is 0 Å². The predicted octanol–water partition coefficient (Wildman–Crippen LogP) is 3.19. The SMILES string of the molecule is CC(C)N1CCC(Nc2ccccc2I)C1. The largest absolute Gasteiger partial charge is 0.380 e. The number of rotatable bonds is 3. The summed E-state index contributed by atoms with van der Waals surface area (Å²) in [6, 6.07) is 9.78. The number of nitrogens with one attached hydrogen (secondary N) is 1. The summed E-state index contributed by atoms with van der Waals surface area (Å²) in [7, 11) is 0. The van der Waals surface area contributed by atoms with Gasteiger partial charge in [-0.3, -0.25) is 4.90 Å². The fourth-order valence-electron chi connectivity index (χ4n) is 2.17. The van der Waals surface area contributed by atoms with Crippen LogP contribution in [0.25, 0.3) is 0 Å². The first kappa shape index (κ1) is 12.2. The van der Waals surface area contributed by atoms with Crippen molar-refractivity contribution in [1.29, 1.82) is 0 Å². The smallest absolute Gasteiger partial charge is 0.0478 e. The Labute approximate surface area is 112 Å². The van der Waals surface area contributed by atoms with Crippen molar-refractivity contribution in [2.75, 3.05) is 18.4 Å². The predicted molar refractivity (Wildman–Crippen MR) is 77.9 cm³/mol. The lowest BCUT2D eigenvalue weighted by molar-refractivity contribution is 0.274. The number of nitrogens with zero attached hydrogens (tertiary/aromatic N) is 1. The van der Waals surface area contributed by atoms with Gasteiger partial charge in [0.25, 0.3) is 0 Å². The summed E-state index contributed by atoms with van der Waals surface area (Å²) in [4.78, 5) is 2.54. The Morgan fingerprint density at radius 3 is 2.75 bits per heavy atom. The van der Waals surface area contributed by atoms with Gasteiger partial charge in [0.2, 0.25) is 0 Å². The third kappa shape index (κ3) is 2.88. The van der Waals surface area contributed by atoms with Crippen molar-refractivity contribution in [3.8, 4) is 0 Å². The number of anilines is 1. The van der Waals surface area contributed by atoms with Crippen LogP contribution >= 0.6 is 22.6 Å². The molecule has 1 unspecified atom stereocenters. The van der Waals surface area contributed by atoms with Gasteiger partial charge in [-0.05, 0) is 55.0 Å². The summed E-state index contributed by atoms with van der Waals surface area (Å²) in [5, 5.41) is 3.64. The van der Waals surface area contributed by atoms with Gasteiger partial charge in [0.1, 0.15) is 0 Å². The molecule has 0 radical (unpaired) electrons. The monoisotopic (exact) mass is 330 g/mol. The van der Waals surface area contributed by atoms with E-state index in [1.165, 1.54) is 28.8 Å². The van der Waals surface area contributed by atoms with Crippen molar-refractivity contribution in [2.45, 2.75) is 32.4 Å². The third-order valence-corrected chi connectivity index (χ3v) is 4.12. The molecule has 1 aliphatic heterocycles. The molecule has 1 atom stereocenters. The van der Waals surface area contributed by atoms with Gasteiger partial charge in [0.15, 0.2) is 0 Å². The summed E-state index contributed by atoms with van der Waals surface area (Å²) in [5.41, 5.74) is 1.28. The molecule has 0 amide bonds. The molecule has 1 fully saturated rings. The first-order valence-electron chi connectivity index (χ1n) is 5.92. The lowest BCUT2D eigenvalue weighted by atomic mass is 10.2. The van der Waals surface area contributed by atoms with Crippen molar-refractivity contribution in [3.05, 3.63) is 27.8 Å². The van der Waals surface area contributed by atoms with Crippen LogP contribution < -0.4 is 5.32 Å². The lowest BCUT2D eigenvalue weighted by Crippen LogP contribution is -2.31. The van der Waals surface area contributed by atoms with Crippen LogP contribution in [0.4, 0.5) is 5.69 Å². The van der Waals surface area contributed by atoms with Gasteiger partial charge in [-0.15, -0.1) is 0 Å². The Morgan fingerprint density at radius 2 is 2.12 bits per heavy atom. The number of hydrogen-bond donors (Lipinski definition) is 1. The van der Waals surface area contributed by atoms with Crippen LogP contribution in [-0.4, -0.2) is 30.1 Å². The van der Waals surface area contributed by atoms with Crippen molar-refractivity contribution in [3.63, 3.8) is 0 Å². The zero-order valence-electron chi connectivity index (χ0n) is 9.91. The second-order valence-corrected chi connectivity index (χ2v) is 5.86. The Kier molecular flexibility index (Phi) is 4.08. The number of benzene rings is 1. The van der Waals surface area contributed by atoms with Gasteiger partial charge in [-0.1, -0.05) is 12.1 Å². The molecule has 0 aromatic heterocycles. The van der Waals surface area contributed by atoms with Crippen LogP contribution in [0.15, 0.2) is 24.3 Å². The Bertz CT molecular complexity index is 352. The Morgan fingerprint density at radius 1 is 1.38 bits per heavy atom. The minimum Gasteiger partial charge on any atom is -0.380 e. The van der Waals surface area contributed by atoms with E-state index in [-0.39, 0.29) is 0 Å². The molecule has 2 nitrogen and oxygen atoms in total. The molecular formula is C13H19IN2. The molecule has 1 heterocycles. The normalized spacial score (nSPS) is 21.6. The highest BCUT2D eigenvalue weighted by Gasteiger charge is 2.24. The molecule has 0 bridgehead atoms. The van der Waals surface area contributed by atoms with E-state index in [9.17, 15) is 0 Å². The van der Waals surface area contributed by atoms with E-state index in [0.29, 0.717) is 12.1 Å². The molecule has 88 valence electrons. The number of likely N-dealkylation sites (tertiary alicyclic amines) is 1. The van der Waals surface area contributed by atoms with Gasteiger partial charge < -0.3 is 5.32 Å². The number of halogens is 1. The van der Waals surface area contributed by atoms with Crippen LogP contribution in [0.3, 0.4) is 0 Å². The summed E-state index contributed by atoms with van der Waals surface area (Å²) < 4.78 is 1.31. The molecule has 0 aliphatic carbocycles. The molecule has 0 saturated carbocycles. The number of para-hydroxylation sites is 1. The second kappa shape index (κ2) is 5.36. The van der Waals surface area contributed by atoms with Crippen molar-refractivity contribution < 1.29 is 0 Å². The minimum absolute atomic E-state index is 0.610. The maximum Gasteiger partial charge on any atom is 0.0478 e. The third-order valence-electron chi connectivity index (χ3n) is 3.18. The molecule has 1 aromatic rings. The fourth-order valence-corrected chi connectivity index (χ4v) is 2.72. The Balaban J connectivity index is 1.95. The highest BCUT2D eigenvalue weighted by molar-refractivity contribution is 14.1. The number of hydrogen-bond acceptors (Lipinski definition) is 2. The summed E-state index contributed by atoms with van der Waals surface area (Å²) in [6.45, 7) is 6.94. The summed E-state index contributed by atoms with van der Waals surface area (Å²) >= 11 is 2.39. The minimum atomic E-state index is 0.610. The summed E-state index contributed by atoms with van der Waals surface area (Å²) in [6.07, 6.45) is 1.25. The quantitative estimate of drug-likeness (QED) is 0.857. The zero-order chi connectivity index (χ0) is 11.5. The molecule has 1 aromatic carbocycles. The highest BCUT2D eigenvalue weighted by Crippen LogP contribution is 2.21. The fraction of sp³-hybridized carbons (Fsp3) is 0.538. The van der Waals surface area contributed by atoms with Gasteiger partial charge in [-0.2, -0.15) is 0 Å². The molecule has 2 rings (SSSR count). The van der Waals surface area contributed by atoms with E-state index < -0.39 is 0 Å². The van der Waals surface area contributed by atoms with Crippen molar-refractivity contribution in [1.82, 2.24) is 4.90 Å². The van der Waals surface area contributed by atoms with E-state index in [1.807, 2.05) is 0 Å². The Hall–Kier alpha value is -0.290. The average Bonchev–Trinajstić information content (AvgIpc) is 2.70. The van der Waals surface area contributed by atoms with Gasteiger partial charge >= 0.3 is 0 Å². The van der Waals surface area contributed by atoms with E-state index in [0.717, 1.165) is 0 Å². The first-order chi connectivity index (χ1) is 7.66. The van der Waals surface area contributed by atoms with Crippen LogP contribution in [0.1, 0.15) is 20.3 Å². The molecular weight excluding hydrogens is 311 g/mol. The standard InChI is InChI=1S/C13H19IN2/c1-10(2)16-8-7-11(9-16)15-13-6-4-3-5-12(13)14/h3-6,10-11,15H,7-9H2,1-2H3. The van der Waals surface area contributed by atoms with Gasteiger partial charge in [0, 0.05) is 34.4 Å².